The first kappa shape index (κ1) is 57.4. The summed E-state index contributed by atoms with van der Waals surface area (Å²) in [5, 5.41) is 35.2. The summed E-state index contributed by atoms with van der Waals surface area (Å²) in [4.78, 5) is 57.8. The molecule has 1 unspecified atom stereocenters. The van der Waals surface area contributed by atoms with E-state index in [9.17, 15) is 43.3 Å². The van der Waals surface area contributed by atoms with Gasteiger partial charge in [0.25, 0.3) is 11.7 Å². The Bertz CT molecular complexity index is 1790. The Kier molecular flexibility index (Phi) is 22.6. The first-order chi connectivity index (χ1) is 32.1. The minimum absolute atomic E-state index is 0.00760. The number of carbonyl (C=O) groups is 4. The number of esters is 1. The predicted octanol–water partition coefficient (Wildman–Crippen LogP) is 7.22. The highest BCUT2D eigenvalue weighted by Gasteiger charge is 2.53. The van der Waals surface area contributed by atoms with Crippen LogP contribution in [0.25, 0.3) is 0 Å². The van der Waals surface area contributed by atoms with Gasteiger partial charge in [0, 0.05) is 58.5 Å². The first-order valence-electron chi connectivity index (χ1n) is 24.7. The molecule has 3 N–H and O–H groups in total. The van der Waals surface area contributed by atoms with Crippen molar-refractivity contribution in [3.05, 3.63) is 47.6 Å². The van der Waals surface area contributed by atoms with Crippen LogP contribution in [0.15, 0.2) is 47.6 Å². The number of Topliss-reactive ketones (excluding diaryl/α,β-unsaturated/α-hetero) is 2. The Hall–Kier alpha value is -3.22. The van der Waals surface area contributed by atoms with Crippen LogP contribution in [0.5, 0.6) is 0 Å². The second-order valence-electron chi connectivity index (χ2n) is 20.2. The lowest BCUT2D eigenvalue weighted by atomic mass is 9.78. The number of alkyl halides is 2. The zero-order valence-corrected chi connectivity index (χ0v) is 42.0. The molecule has 3 heterocycles. The molecule has 386 valence electrons. The van der Waals surface area contributed by atoms with Gasteiger partial charge in [-0.1, -0.05) is 71.1 Å². The highest BCUT2D eigenvalue weighted by molar-refractivity contribution is 6.39. The van der Waals surface area contributed by atoms with Crippen LogP contribution < -0.4 is 0 Å². The summed E-state index contributed by atoms with van der Waals surface area (Å²) < 4.78 is 60.7. The first-order valence-corrected chi connectivity index (χ1v) is 24.7. The number of aliphatic hydroxyl groups is 3. The fraction of sp³-hybridized carbons (Fsp3) is 0.769. The zero-order valence-electron chi connectivity index (χ0n) is 42.0. The Balaban J connectivity index is 1.70. The number of ketones is 2. The lowest BCUT2D eigenvalue weighted by molar-refractivity contribution is -0.265. The van der Waals surface area contributed by atoms with Crippen LogP contribution in [-0.4, -0.2) is 139 Å². The Morgan fingerprint density at radius 1 is 0.838 bits per heavy atom. The maximum atomic E-state index is 14.4. The Morgan fingerprint density at radius 2 is 1.56 bits per heavy atom. The van der Waals surface area contributed by atoms with Crippen molar-refractivity contribution < 1.29 is 71.7 Å². The van der Waals surface area contributed by atoms with E-state index in [1.165, 1.54) is 19.1 Å². The summed E-state index contributed by atoms with van der Waals surface area (Å²) in [5.74, 6) is -7.89. The van der Waals surface area contributed by atoms with Crippen molar-refractivity contribution in [3.8, 4) is 0 Å². The minimum Gasteiger partial charge on any atom is -0.460 e. The number of allylic oxidation sites excluding steroid dienone is 5. The van der Waals surface area contributed by atoms with Crippen molar-refractivity contribution in [2.45, 2.75) is 193 Å². The lowest BCUT2D eigenvalue weighted by Gasteiger charge is -2.43. The predicted molar refractivity (Wildman–Crippen MR) is 251 cm³/mol. The Morgan fingerprint density at radius 3 is 2.22 bits per heavy atom. The van der Waals surface area contributed by atoms with Gasteiger partial charge in [0.15, 0.2) is 5.78 Å². The van der Waals surface area contributed by atoms with Gasteiger partial charge in [-0.15, -0.1) is 0 Å². The van der Waals surface area contributed by atoms with E-state index in [0.717, 1.165) is 5.57 Å². The van der Waals surface area contributed by atoms with Crippen molar-refractivity contribution in [2.75, 3.05) is 27.9 Å². The molecule has 4 aliphatic rings. The summed E-state index contributed by atoms with van der Waals surface area (Å²) in [5.41, 5.74) is 1.27. The number of fused-ring (bicyclic) bond motifs is 3. The number of amides is 1. The van der Waals surface area contributed by atoms with Gasteiger partial charge in [-0.2, -0.15) is 8.78 Å². The largest absolute Gasteiger partial charge is 0.460 e. The molecule has 2 saturated heterocycles. The number of rotatable bonds is 8. The number of methoxy groups -OCH3 is 3. The van der Waals surface area contributed by atoms with Crippen molar-refractivity contribution in [1.29, 1.82) is 0 Å². The molecule has 2 bridgehead atoms. The molecule has 16 atom stereocenters. The quantitative estimate of drug-likeness (QED) is 0.126. The number of piperidine rings is 1. The molecular weight excluding hydrogens is 885 g/mol. The topological polar surface area (TPSA) is 188 Å². The third kappa shape index (κ3) is 15.4. The van der Waals surface area contributed by atoms with Crippen LogP contribution in [0, 0.1) is 35.5 Å². The zero-order chi connectivity index (χ0) is 50.5. The number of ether oxygens (including phenoxy) is 6. The number of carbonyl (C=O) groups excluding carboxylic acids is 4. The molecule has 14 nitrogen and oxygen atoms in total. The van der Waals surface area contributed by atoms with Crippen LogP contribution in [0.3, 0.4) is 0 Å². The number of aliphatic hydroxyl groups excluding tert-OH is 2. The minimum atomic E-state index is -2.94. The number of cyclic esters (lactones) is 1. The van der Waals surface area contributed by atoms with Gasteiger partial charge < -0.3 is 48.6 Å². The van der Waals surface area contributed by atoms with Gasteiger partial charge in [-0.3, -0.25) is 14.4 Å². The molecule has 0 aromatic heterocycles. The fourth-order valence-electron chi connectivity index (χ4n) is 10.5. The maximum Gasteiger partial charge on any atom is 0.345 e. The second kappa shape index (κ2) is 26.8. The van der Waals surface area contributed by atoms with Gasteiger partial charge in [0.2, 0.25) is 5.79 Å². The molecule has 1 aliphatic carbocycles. The SMILES string of the molecule is CO[C@H]1C[C@@H]2CC[C@@H](C)[C@@](O)(O2)C(=O)C(=O)N2CCCC[C@H]2C(=O)O[C@H]([C@H](C)C[C@@H]2CC[C@@H](OC(F)F)[C@H](OC)C2)CC(O)[C@H](C)/C=C(\C)[C@@H](O)[C@@H](OC)C(=O)[C@H](C)C[C@H](C)/C=C/C=CC=C1C. The van der Waals surface area contributed by atoms with E-state index in [0.29, 0.717) is 69.8 Å². The summed E-state index contributed by atoms with van der Waals surface area (Å²) in [6.07, 6.45) is 8.94. The maximum absolute atomic E-state index is 14.4. The molecule has 0 radical (unpaired) electrons. The van der Waals surface area contributed by atoms with E-state index in [4.69, 9.17) is 28.4 Å². The van der Waals surface area contributed by atoms with Crippen LogP contribution in [-0.2, 0) is 47.6 Å². The summed E-state index contributed by atoms with van der Waals surface area (Å²) in [6, 6.07) is -1.17. The van der Waals surface area contributed by atoms with Crippen molar-refractivity contribution in [3.63, 3.8) is 0 Å². The van der Waals surface area contributed by atoms with E-state index in [1.54, 1.807) is 40.9 Å². The molecular formula is C52H81F2NO13. The standard InChI is InChI=1S/C52H81F2NO13/c1-30-16-12-11-13-17-31(2)42(63-8)28-38-21-19-36(7)52(62,68-38)48(59)49(60)55-23-15-14-18-39(55)50(61)66-43(33(4)26-37-20-22-41(67-51(53)54)44(27-37)64-9)29-40(56)32(3)25-35(6)46(58)47(65-10)45(57)34(5)24-30/h11-13,16-17,25,30,32-34,36-44,46-47,51,56,58,62H,14-15,18-24,26-29H2,1-10H3/b13-11?,16-12+,31-17?,35-25+/t30-,32-,33-,34-,36-,37+,38+,39+,40?,41-,42+,43+,44-,46-,47+,52-/m1/s1. The van der Waals surface area contributed by atoms with E-state index in [1.807, 2.05) is 51.2 Å². The van der Waals surface area contributed by atoms with Crippen LogP contribution in [0.1, 0.15) is 126 Å². The highest BCUT2D eigenvalue weighted by atomic mass is 19.3. The summed E-state index contributed by atoms with van der Waals surface area (Å²) in [6.45, 7) is 9.77. The van der Waals surface area contributed by atoms with Gasteiger partial charge in [-0.25, -0.2) is 4.79 Å². The number of halogens is 2. The molecule has 1 saturated carbocycles. The van der Waals surface area contributed by atoms with E-state index in [-0.39, 0.29) is 42.9 Å². The number of hydrogen-bond acceptors (Lipinski definition) is 13. The van der Waals surface area contributed by atoms with E-state index in [2.05, 4.69) is 0 Å². The Labute approximate surface area is 402 Å². The fourth-order valence-corrected chi connectivity index (χ4v) is 10.5. The monoisotopic (exact) mass is 966 g/mol. The normalized spacial score (nSPS) is 39.1. The molecule has 4 rings (SSSR count). The summed E-state index contributed by atoms with van der Waals surface area (Å²) >= 11 is 0. The van der Waals surface area contributed by atoms with Crippen molar-refractivity contribution >= 4 is 23.4 Å². The van der Waals surface area contributed by atoms with Crippen molar-refractivity contribution in [1.82, 2.24) is 4.90 Å². The van der Waals surface area contributed by atoms with Crippen LogP contribution in [0.4, 0.5) is 8.78 Å². The average molecular weight is 966 g/mol. The molecule has 3 fully saturated rings. The molecule has 0 aromatic carbocycles. The van der Waals surface area contributed by atoms with E-state index >= 15 is 0 Å². The average Bonchev–Trinajstić information content (AvgIpc) is 3.30. The van der Waals surface area contributed by atoms with Gasteiger partial charge in [0.1, 0.15) is 24.4 Å². The second-order valence-corrected chi connectivity index (χ2v) is 20.2. The smallest absolute Gasteiger partial charge is 0.345 e. The van der Waals surface area contributed by atoms with Crippen LogP contribution >= 0.6 is 0 Å². The van der Waals surface area contributed by atoms with Gasteiger partial charge in [-0.05, 0) is 107 Å². The van der Waals surface area contributed by atoms with Gasteiger partial charge >= 0.3 is 12.6 Å². The third-order valence-electron chi connectivity index (χ3n) is 14.9. The summed E-state index contributed by atoms with van der Waals surface area (Å²) in [7, 11) is 4.39. The number of nitrogens with zero attached hydrogens (tertiary/aromatic N) is 1. The molecule has 0 aromatic rings. The molecule has 3 aliphatic heterocycles. The molecule has 0 spiro atoms. The number of hydrogen-bond donors (Lipinski definition) is 3. The van der Waals surface area contributed by atoms with Crippen LogP contribution in [0.2, 0.25) is 0 Å². The molecule has 1 amide bonds. The highest BCUT2D eigenvalue weighted by Crippen LogP contribution is 2.38. The molecule has 16 heteroatoms. The molecule has 68 heavy (non-hydrogen) atoms. The third-order valence-corrected chi connectivity index (χ3v) is 14.9. The lowest BCUT2D eigenvalue weighted by Crippen LogP contribution is -2.61. The van der Waals surface area contributed by atoms with Crippen molar-refractivity contribution in [2.24, 2.45) is 35.5 Å². The van der Waals surface area contributed by atoms with E-state index < -0.39 is 103 Å². The van der Waals surface area contributed by atoms with Gasteiger partial charge in [0.05, 0.1) is 30.5 Å².